The first-order chi connectivity index (χ1) is 24.8. The minimum atomic E-state index is 0.722. The summed E-state index contributed by atoms with van der Waals surface area (Å²) in [6.07, 6.45) is 6.69. The average Bonchev–Trinajstić information content (AvgIpc) is 3.74. The Morgan fingerprint density at radius 1 is 0.520 bits per heavy atom. The van der Waals surface area contributed by atoms with Crippen molar-refractivity contribution in [1.82, 2.24) is 14.5 Å². The summed E-state index contributed by atoms with van der Waals surface area (Å²) in [4.78, 5) is 10.2. The predicted octanol–water partition coefficient (Wildman–Crippen LogP) is 12.4. The number of fused-ring (bicyclic) bond motifs is 7. The lowest BCUT2D eigenvalue weighted by molar-refractivity contribution is 0.890. The fraction of sp³-hybridized carbons (Fsp3) is 0.0435. The van der Waals surface area contributed by atoms with Gasteiger partial charge in [0.2, 0.25) is 0 Å². The lowest BCUT2D eigenvalue weighted by Crippen LogP contribution is -2.03. The van der Waals surface area contributed by atoms with E-state index >= 15 is 0 Å². The molecule has 236 valence electrons. The molecule has 0 aliphatic heterocycles. The number of aromatic nitrogens is 3. The number of nitrogens with zero attached hydrogens (tertiary/aromatic N) is 3. The SMILES string of the molecule is C1=Cc2c(n(-c3ccc(-c4nc(-c5ccccc5)cc(-c5ccccc5)n4)cc3)c3c2ccc2c4cc(-c5ccccc5)ccc4sc23)CC1. The highest BCUT2D eigenvalue weighted by molar-refractivity contribution is 7.26. The van der Waals surface area contributed by atoms with Crippen LogP contribution in [0.4, 0.5) is 0 Å². The van der Waals surface area contributed by atoms with Gasteiger partial charge in [-0.05, 0) is 66.4 Å². The Labute approximate surface area is 294 Å². The molecule has 0 unspecified atom stereocenters. The number of hydrogen-bond donors (Lipinski definition) is 0. The van der Waals surface area contributed by atoms with Gasteiger partial charge >= 0.3 is 0 Å². The van der Waals surface area contributed by atoms with Gasteiger partial charge in [-0.25, -0.2) is 9.97 Å². The van der Waals surface area contributed by atoms with E-state index in [0.717, 1.165) is 52.4 Å². The Kier molecular flexibility index (Phi) is 6.81. The molecule has 0 radical (unpaired) electrons. The second-order valence-electron chi connectivity index (χ2n) is 12.9. The van der Waals surface area contributed by atoms with Gasteiger partial charge in [-0.15, -0.1) is 11.3 Å². The monoisotopic (exact) mass is 657 g/mol. The summed E-state index contributed by atoms with van der Waals surface area (Å²) in [6, 6.07) is 53.9. The summed E-state index contributed by atoms with van der Waals surface area (Å²) >= 11 is 1.90. The van der Waals surface area contributed by atoms with Crippen LogP contribution in [-0.2, 0) is 6.42 Å². The highest BCUT2D eigenvalue weighted by atomic mass is 32.1. The van der Waals surface area contributed by atoms with Gasteiger partial charge in [-0.1, -0.05) is 121 Å². The summed E-state index contributed by atoms with van der Waals surface area (Å²) in [6.45, 7) is 0. The van der Waals surface area contributed by atoms with E-state index in [-0.39, 0.29) is 0 Å². The van der Waals surface area contributed by atoms with Crippen molar-refractivity contribution < 1.29 is 0 Å². The van der Waals surface area contributed by atoms with Gasteiger partial charge in [0.25, 0.3) is 0 Å². The summed E-state index contributed by atoms with van der Waals surface area (Å²) in [5.74, 6) is 0.722. The van der Waals surface area contributed by atoms with Gasteiger partial charge in [-0.2, -0.15) is 0 Å². The normalized spacial score (nSPS) is 12.6. The number of rotatable bonds is 5. The second kappa shape index (κ2) is 11.8. The van der Waals surface area contributed by atoms with E-state index in [4.69, 9.17) is 9.97 Å². The molecule has 6 aromatic carbocycles. The van der Waals surface area contributed by atoms with E-state index in [0.29, 0.717) is 0 Å². The van der Waals surface area contributed by atoms with E-state index in [1.54, 1.807) is 0 Å². The molecule has 50 heavy (non-hydrogen) atoms. The van der Waals surface area contributed by atoms with Crippen LogP contribution in [0, 0.1) is 0 Å². The minimum Gasteiger partial charge on any atom is -0.312 e. The first-order valence-corrected chi connectivity index (χ1v) is 18.0. The zero-order chi connectivity index (χ0) is 33.0. The van der Waals surface area contributed by atoms with Gasteiger partial charge in [-0.3, -0.25) is 0 Å². The third-order valence-corrected chi connectivity index (χ3v) is 11.1. The van der Waals surface area contributed by atoms with E-state index in [2.05, 4.69) is 156 Å². The molecule has 3 aromatic heterocycles. The van der Waals surface area contributed by atoms with Crippen LogP contribution < -0.4 is 0 Å². The van der Waals surface area contributed by atoms with Gasteiger partial charge in [0, 0.05) is 54.5 Å². The van der Waals surface area contributed by atoms with E-state index in [9.17, 15) is 0 Å². The van der Waals surface area contributed by atoms with E-state index < -0.39 is 0 Å². The first-order valence-electron chi connectivity index (χ1n) is 17.1. The molecule has 4 heteroatoms. The molecule has 0 amide bonds. The van der Waals surface area contributed by atoms with Gasteiger partial charge in [0.15, 0.2) is 5.82 Å². The van der Waals surface area contributed by atoms with Crippen LogP contribution >= 0.6 is 11.3 Å². The maximum atomic E-state index is 5.08. The Hall–Kier alpha value is -6.10. The number of benzene rings is 6. The van der Waals surface area contributed by atoms with Crippen molar-refractivity contribution in [3.05, 3.63) is 169 Å². The third-order valence-electron chi connectivity index (χ3n) is 9.90. The zero-order valence-electron chi connectivity index (χ0n) is 27.3. The molecule has 0 atom stereocenters. The Morgan fingerprint density at radius 2 is 1.14 bits per heavy atom. The van der Waals surface area contributed by atoms with Gasteiger partial charge in [0.05, 0.1) is 21.6 Å². The lowest BCUT2D eigenvalue weighted by atomic mass is 10.0. The van der Waals surface area contributed by atoms with Crippen molar-refractivity contribution in [3.63, 3.8) is 0 Å². The fourth-order valence-electron chi connectivity index (χ4n) is 7.47. The van der Waals surface area contributed by atoms with Gasteiger partial charge < -0.3 is 4.57 Å². The maximum Gasteiger partial charge on any atom is 0.160 e. The number of allylic oxidation sites excluding steroid dienone is 1. The lowest BCUT2D eigenvalue weighted by Gasteiger charge is -2.14. The zero-order valence-corrected chi connectivity index (χ0v) is 28.1. The van der Waals surface area contributed by atoms with Crippen LogP contribution in [0.2, 0.25) is 0 Å². The first kappa shape index (κ1) is 28.9. The summed E-state index contributed by atoms with van der Waals surface area (Å²) in [7, 11) is 0. The molecule has 0 fully saturated rings. The molecule has 3 heterocycles. The summed E-state index contributed by atoms with van der Waals surface area (Å²) in [5, 5.41) is 3.94. The second-order valence-corrected chi connectivity index (χ2v) is 13.9. The molecule has 0 bridgehead atoms. The molecular formula is C46H31N3S. The van der Waals surface area contributed by atoms with Crippen LogP contribution in [0.25, 0.3) is 87.9 Å². The van der Waals surface area contributed by atoms with Crippen molar-refractivity contribution in [3.8, 4) is 50.7 Å². The van der Waals surface area contributed by atoms with Crippen LogP contribution in [0.1, 0.15) is 17.7 Å². The molecular weight excluding hydrogens is 627 g/mol. The minimum absolute atomic E-state index is 0.722. The fourth-order valence-corrected chi connectivity index (χ4v) is 8.70. The van der Waals surface area contributed by atoms with Crippen LogP contribution in [0.5, 0.6) is 0 Å². The smallest absolute Gasteiger partial charge is 0.160 e. The quantitative estimate of drug-likeness (QED) is 0.184. The highest BCUT2D eigenvalue weighted by Crippen LogP contribution is 2.44. The molecule has 1 aliphatic rings. The highest BCUT2D eigenvalue weighted by Gasteiger charge is 2.22. The average molecular weight is 658 g/mol. The maximum absolute atomic E-state index is 5.08. The molecule has 10 rings (SSSR count). The predicted molar refractivity (Wildman–Crippen MR) is 211 cm³/mol. The molecule has 0 saturated carbocycles. The Bertz CT molecular complexity index is 2660. The molecule has 3 nitrogen and oxygen atoms in total. The number of hydrogen-bond acceptors (Lipinski definition) is 3. The topological polar surface area (TPSA) is 30.7 Å². The van der Waals surface area contributed by atoms with Gasteiger partial charge in [0.1, 0.15) is 0 Å². The molecule has 1 aliphatic carbocycles. The van der Waals surface area contributed by atoms with Crippen molar-refractivity contribution >= 4 is 48.5 Å². The van der Waals surface area contributed by atoms with Crippen molar-refractivity contribution in [2.75, 3.05) is 0 Å². The van der Waals surface area contributed by atoms with E-state index in [1.807, 2.05) is 23.5 Å². The number of thiophene rings is 1. The van der Waals surface area contributed by atoms with Crippen molar-refractivity contribution in [2.24, 2.45) is 0 Å². The standard InChI is InChI=1S/C46H31N3S/c1-4-12-30(13-5-1)34-22-27-43-39(28-34)38-26-25-37-36-18-10-11-19-42(36)49(44(37)45(38)50-43)35-23-20-33(21-24-35)46-47-40(31-14-6-2-7-15-31)29-41(48-46)32-16-8-3-9-17-32/h1-10,12-18,20-29H,11,19H2. The van der Waals surface area contributed by atoms with Crippen LogP contribution in [0.3, 0.4) is 0 Å². The molecule has 9 aromatic rings. The van der Waals surface area contributed by atoms with Crippen molar-refractivity contribution in [2.45, 2.75) is 12.8 Å². The Morgan fingerprint density at radius 3 is 1.82 bits per heavy atom. The van der Waals surface area contributed by atoms with Crippen LogP contribution in [0.15, 0.2) is 158 Å². The largest absolute Gasteiger partial charge is 0.312 e. The Balaban J connectivity index is 1.13. The molecule has 0 spiro atoms. The molecule has 0 saturated heterocycles. The third kappa shape index (κ3) is 4.80. The summed E-state index contributed by atoms with van der Waals surface area (Å²) in [5.41, 5.74) is 12.6. The van der Waals surface area contributed by atoms with E-state index in [1.165, 1.54) is 53.5 Å². The molecule has 0 N–H and O–H groups in total. The van der Waals surface area contributed by atoms with Crippen molar-refractivity contribution in [1.29, 1.82) is 0 Å². The van der Waals surface area contributed by atoms with Crippen LogP contribution in [-0.4, -0.2) is 14.5 Å². The summed E-state index contributed by atoms with van der Waals surface area (Å²) < 4.78 is 5.17.